The first-order valence-electron chi connectivity index (χ1n) is 5.09. The van der Waals surface area contributed by atoms with Gasteiger partial charge in [-0.3, -0.25) is 4.79 Å². The van der Waals surface area contributed by atoms with Gasteiger partial charge in [0, 0.05) is 17.4 Å². The van der Waals surface area contributed by atoms with E-state index in [1.54, 1.807) is 6.92 Å². The van der Waals surface area contributed by atoms with E-state index in [9.17, 15) is 4.79 Å². The van der Waals surface area contributed by atoms with Crippen molar-refractivity contribution in [3.05, 3.63) is 0 Å². The number of aliphatic hydroxyl groups excluding tert-OH is 1. The van der Waals surface area contributed by atoms with Crippen LogP contribution in [0, 0.1) is 5.41 Å². The molecule has 14 heavy (non-hydrogen) atoms. The highest BCUT2D eigenvalue weighted by atomic mass is 16.3. The Bertz CT molecular complexity index is 202. The van der Waals surface area contributed by atoms with Crippen molar-refractivity contribution < 1.29 is 9.90 Å². The number of aliphatic hydroxyl groups is 1. The molecular weight excluding hydrogens is 178 g/mol. The summed E-state index contributed by atoms with van der Waals surface area (Å²) < 4.78 is 0. The highest BCUT2D eigenvalue weighted by Gasteiger charge is 2.39. The lowest BCUT2D eigenvalue weighted by atomic mass is 9.71. The van der Waals surface area contributed by atoms with Crippen molar-refractivity contribution in [3.63, 3.8) is 0 Å². The Balaban J connectivity index is 4.38. The largest absolute Gasteiger partial charge is 0.393 e. The first kappa shape index (κ1) is 13.6. The average molecular weight is 201 g/mol. The van der Waals surface area contributed by atoms with Crippen molar-refractivity contribution >= 4 is 5.78 Å². The molecule has 3 nitrogen and oxygen atoms in total. The molecule has 0 spiro atoms. The predicted octanol–water partition coefficient (Wildman–Crippen LogP) is 1.48. The molecule has 0 amide bonds. The van der Waals surface area contributed by atoms with Gasteiger partial charge in [0.15, 0.2) is 0 Å². The molecule has 1 atom stereocenters. The quantitative estimate of drug-likeness (QED) is 0.708. The van der Waals surface area contributed by atoms with E-state index in [-0.39, 0.29) is 5.78 Å². The van der Waals surface area contributed by atoms with Gasteiger partial charge in [0.2, 0.25) is 0 Å². The maximum atomic E-state index is 11.8. The Morgan fingerprint density at radius 1 is 1.36 bits per heavy atom. The van der Waals surface area contributed by atoms with Crippen molar-refractivity contribution in [3.8, 4) is 0 Å². The Labute approximate surface area is 86.7 Å². The number of nitrogens with two attached hydrogens (primary N) is 1. The number of rotatable bonds is 5. The standard InChI is InChI=1S/C11H23NO2/c1-8(13)6-7-9(14)10(2,3)11(4,5)12/h8,13H,6-7,12H2,1-5H3. The van der Waals surface area contributed by atoms with Crippen molar-refractivity contribution in [2.45, 2.75) is 59.1 Å². The number of carbonyl (C=O) groups excluding carboxylic acids is 1. The summed E-state index contributed by atoms with van der Waals surface area (Å²) in [5.41, 5.74) is 4.87. The van der Waals surface area contributed by atoms with E-state index >= 15 is 0 Å². The number of hydrogen-bond donors (Lipinski definition) is 2. The normalized spacial score (nSPS) is 15.4. The summed E-state index contributed by atoms with van der Waals surface area (Å²) in [4.78, 5) is 11.8. The van der Waals surface area contributed by atoms with Crippen LogP contribution in [0.15, 0.2) is 0 Å². The second kappa shape index (κ2) is 4.41. The van der Waals surface area contributed by atoms with E-state index in [2.05, 4.69) is 0 Å². The SMILES string of the molecule is CC(O)CCC(=O)C(C)(C)C(C)(C)N. The van der Waals surface area contributed by atoms with E-state index in [4.69, 9.17) is 10.8 Å². The number of carbonyl (C=O) groups is 1. The average Bonchev–Trinajstić information content (AvgIpc) is 1.97. The van der Waals surface area contributed by atoms with Crippen LogP contribution in [0.2, 0.25) is 0 Å². The highest BCUT2D eigenvalue weighted by Crippen LogP contribution is 2.30. The summed E-state index contributed by atoms with van der Waals surface area (Å²) in [5.74, 6) is 0.117. The summed E-state index contributed by atoms with van der Waals surface area (Å²) in [6.45, 7) is 9.11. The molecule has 0 radical (unpaired) electrons. The van der Waals surface area contributed by atoms with Gasteiger partial charge in [-0.1, -0.05) is 13.8 Å². The van der Waals surface area contributed by atoms with Crippen molar-refractivity contribution in [1.82, 2.24) is 0 Å². The molecule has 0 aromatic carbocycles. The van der Waals surface area contributed by atoms with E-state index < -0.39 is 17.1 Å². The first-order chi connectivity index (χ1) is 6.09. The highest BCUT2D eigenvalue weighted by molar-refractivity contribution is 5.85. The van der Waals surface area contributed by atoms with Crippen molar-refractivity contribution in [2.24, 2.45) is 11.1 Å². The Hall–Kier alpha value is -0.410. The molecule has 0 rings (SSSR count). The molecule has 0 saturated heterocycles. The molecule has 0 aliphatic carbocycles. The Morgan fingerprint density at radius 3 is 2.07 bits per heavy atom. The van der Waals surface area contributed by atoms with Crippen LogP contribution in [-0.2, 0) is 4.79 Å². The minimum absolute atomic E-state index is 0.117. The van der Waals surface area contributed by atoms with Gasteiger partial charge in [0.25, 0.3) is 0 Å². The van der Waals surface area contributed by atoms with E-state index in [0.717, 1.165) is 0 Å². The third-order valence-electron chi connectivity index (χ3n) is 3.10. The fourth-order valence-electron chi connectivity index (χ4n) is 1.01. The smallest absolute Gasteiger partial charge is 0.140 e. The minimum atomic E-state index is -0.540. The molecule has 0 aromatic heterocycles. The Morgan fingerprint density at radius 2 is 1.79 bits per heavy atom. The van der Waals surface area contributed by atoms with Crippen LogP contribution in [0.4, 0.5) is 0 Å². The van der Waals surface area contributed by atoms with Crippen LogP contribution in [0.3, 0.4) is 0 Å². The summed E-state index contributed by atoms with van der Waals surface area (Å²) in [6.07, 6.45) is 0.486. The van der Waals surface area contributed by atoms with Crippen LogP contribution < -0.4 is 5.73 Å². The zero-order chi connectivity index (χ0) is 11.6. The molecule has 0 aliphatic rings. The van der Waals surface area contributed by atoms with Crippen LogP contribution in [0.25, 0.3) is 0 Å². The minimum Gasteiger partial charge on any atom is -0.393 e. The van der Waals surface area contributed by atoms with Gasteiger partial charge < -0.3 is 10.8 Å². The molecule has 3 N–H and O–H groups in total. The number of hydrogen-bond acceptors (Lipinski definition) is 3. The third-order valence-corrected chi connectivity index (χ3v) is 3.10. The molecule has 0 bridgehead atoms. The van der Waals surface area contributed by atoms with E-state index in [0.29, 0.717) is 12.8 Å². The summed E-state index contributed by atoms with van der Waals surface area (Å²) in [7, 11) is 0. The predicted molar refractivity (Wildman–Crippen MR) is 58.0 cm³/mol. The van der Waals surface area contributed by atoms with Crippen LogP contribution in [0.1, 0.15) is 47.5 Å². The monoisotopic (exact) mass is 201 g/mol. The molecule has 1 unspecified atom stereocenters. The lowest BCUT2D eigenvalue weighted by Gasteiger charge is -2.37. The van der Waals surface area contributed by atoms with Crippen LogP contribution in [0.5, 0.6) is 0 Å². The van der Waals surface area contributed by atoms with E-state index in [1.165, 1.54) is 0 Å². The second-order valence-electron chi connectivity index (χ2n) is 5.16. The maximum Gasteiger partial charge on any atom is 0.140 e. The lowest BCUT2D eigenvalue weighted by Crippen LogP contribution is -2.51. The topological polar surface area (TPSA) is 63.3 Å². The summed E-state index contributed by atoms with van der Waals surface area (Å²) in [6, 6.07) is 0. The van der Waals surface area contributed by atoms with Gasteiger partial charge in [-0.15, -0.1) is 0 Å². The van der Waals surface area contributed by atoms with Crippen molar-refractivity contribution in [2.75, 3.05) is 0 Å². The van der Waals surface area contributed by atoms with Gasteiger partial charge in [-0.2, -0.15) is 0 Å². The molecule has 0 heterocycles. The van der Waals surface area contributed by atoms with Crippen LogP contribution >= 0.6 is 0 Å². The van der Waals surface area contributed by atoms with Gasteiger partial charge >= 0.3 is 0 Å². The fraction of sp³-hybridized carbons (Fsp3) is 0.909. The van der Waals surface area contributed by atoms with Gasteiger partial charge in [-0.25, -0.2) is 0 Å². The van der Waals surface area contributed by atoms with Crippen LogP contribution in [-0.4, -0.2) is 22.5 Å². The zero-order valence-electron chi connectivity index (χ0n) is 9.92. The molecule has 0 aliphatic heterocycles. The third kappa shape index (κ3) is 3.39. The molecule has 0 saturated carbocycles. The number of ketones is 1. The molecule has 84 valence electrons. The summed E-state index contributed by atoms with van der Waals surface area (Å²) >= 11 is 0. The second-order valence-corrected chi connectivity index (χ2v) is 5.16. The molecule has 3 heteroatoms. The van der Waals surface area contributed by atoms with Gasteiger partial charge in [0.05, 0.1) is 6.10 Å². The summed E-state index contributed by atoms with van der Waals surface area (Å²) in [5, 5.41) is 9.09. The van der Waals surface area contributed by atoms with Gasteiger partial charge in [-0.05, 0) is 27.2 Å². The van der Waals surface area contributed by atoms with Gasteiger partial charge in [0.1, 0.15) is 5.78 Å². The number of Topliss-reactive ketones (excluding diaryl/α,β-unsaturated/α-hetero) is 1. The molecule has 0 fully saturated rings. The fourth-order valence-corrected chi connectivity index (χ4v) is 1.01. The zero-order valence-corrected chi connectivity index (χ0v) is 9.92. The maximum absolute atomic E-state index is 11.8. The molecular formula is C11H23NO2. The first-order valence-corrected chi connectivity index (χ1v) is 5.09. The van der Waals surface area contributed by atoms with Crippen molar-refractivity contribution in [1.29, 1.82) is 0 Å². The molecule has 0 aromatic rings. The van der Waals surface area contributed by atoms with E-state index in [1.807, 2.05) is 27.7 Å². The Kier molecular flexibility index (Phi) is 4.28. The lowest BCUT2D eigenvalue weighted by molar-refractivity contribution is -0.130.